The third-order valence-corrected chi connectivity index (χ3v) is 5.41. The van der Waals surface area contributed by atoms with E-state index in [1.54, 1.807) is 22.9 Å². The predicted molar refractivity (Wildman–Crippen MR) is 136 cm³/mol. The third kappa shape index (κ3) is 5.35. The second-order valence-corrected chi connectivity index (χ2v) is 7.79. The Kier molecular flexibility index (Phi) is 7.33. The molecule has 0 fully saturated rings. The zero-order valence-electron chi connectivity index (χ0n) is 20.3. The van der Waals surface area contributed by atoms with Gasteiger partial charge in [-0.15, -0.1) is 0 Å². The minimum absolute atomic E-state index is 0.0308. The van der Waals surface area contributed by atoms with Crippen molar-refractivity contribution in [2.75, 3.05) is 0 Å². The highest BCUT2D eigenvalue weighted by atomic mass is 19.4. The Balaban J connectivity index is 0.00000156. The van der Waals surface area contributed by atoms with E-state index in [0.717, 1.165) is 17.2 Å². The summed E-state index contributed by atoms with van der Waals surface area (Å²) >= 11 is 0. The van der Waals surface area contributed by atoms with Gasteiger partial charge in [-0.05, 0) is 49.4 Å². The Labute approximate surface area is 211 Å². The van der Waals surface area contributed by atoms with Gasteiger partial charge in [-0.25, -0.2) is 4.98 Å². The van der Waals surface area contributed by atoms with Crippen LogP contribution in [0.3, 0.4) is 0 Å². The van der Waals surface area contributed by atoms with Crippen molar-refractivity contribution < 1.29 is 17.9 Å². The van der Waals surface area contributed by atoms with E-state index in [2.05, 4.69) is 15.0 Å². The number of pyridine rings is 2. The highest BCUT2D eigenvalue weighted by Gasteiger charge is 2.35. The largest absolute Gasteiger partial charge is 0.438 e. The first kappa shape index (κ1) is 25.6. The topological polar surface area (TPSA) is 69.9 Å². The molecule has 6 nitrogen and oxygen atoms in total. The van der Waals surface area contributed by atoms with E-state index in [1.165, 1.54) is 30.7 Å². The summed E-state index contributed by atoms with van der Waals surface area (Å²) in [5.74, 6) is -0.569. The predicted octanol–water partition coefficient (Wildman–Crippen LogP) is 6.99. The van der Waals surface area contributed by atoms with Crippen LogP contribution in [-0.2, 0) is 6.18 Å². The van der Waals surface area contributed by atoms with Gasteiger partial charge < -0.3 is 4.74 Å². The maximum atomic E-state index is 13.3. The monoisotopic (exact) mass is 504 g/mol. The van der Waals surface area contributed by atoms with Crippen molar-refractivity contribution in [3.05, 3.63) is 107 Å². The molecule has 0 N–H and O–H groups in total. The number of hydrogen-bond acceptors (Lipinski definition) is 5. The maximum Gasteiger partial charge on any atom is 0.421 e. The first-order valence-electron chi connectivity index (χ1n) is 11.6. The van der Waals surface area contributed by atoms with Crippen LogP contribution >= 0.6 is 0 Å². The number of rotatable bonds is 4. The molecule has 0 amide bonds. The van der Waals surface area contributed by atoms with E-state index in [9.17, 15) is 18.0 Å². The number of alkyl halides is 3. The van der Waals surface area contributed by atoms with Crippen LogP contribution in [0.1, 0.15) is 25.0 Å². The molecule has 0 saturated heterocycles. The van der Waals surface area contributed by atoms with Crippen molar-refractivity contribution in [1.29, 1.82) is 0 Å². The average molecular weight is 505 g/mol. The Morgan fingerprint density at radius 3 is 2.30 bits per heavy atom. The van der Waals surface area contributed by atoms with Gasteiger partial charge in [0, 0.05) is 18.0 Å². The molecule has 0 aliphatic heterocycles. The lowest BCUT2D eigenvalue weighted by Crippen LogP contribution is -2.12. The van der Waals surface area contributed by atoms with E-state index in [-0.39, 0.29) is 11.1 Å². The van der Waals surface area contributed by atoms with Crippen LogP contribution < -0.4 is 10.3 Å². The molecule has 0 spiro atoms. The van der Waals surface area contributed by atoms with Crippen LogP contribution in [0.15, 0.2) is 90.2 Å². The molecule has 0 unspecified atom stereocenters. The Morgan fingerprint density at radius 2 is 1.57 bits per heavy atom. The standard InChI is InChI=1S/C26H17F3N4O2.C2H6/c1-16-6-8-17(9-7-16)23-22(5-3-12-30-23)33-15-32-24(34)19-14-18(10-11-21(19)33)35-25-20(26(27,28)29)4-2-13-31-25;1-2/h2-15H,1H3;1-2H3. The molecule has 0 saturated carbocycles. The van der Waals surface area contributed by atoms with Gasteiger partial charge in [0.2, 0.25) is 5.88 Å². The number of aryl methyl sites for hydroxylation is 1. The van der Waals surface area contributed by atoms with Gasteiger partial charge in [-0.1, -0.05) is 43.7 Å². The second-order valence-electron chi connectivity index (χ2n) is 7.79. The summed E-state index contributed by atoms with van der Waals surface area (Å²) in [6.45, 7) is 5.99. The van der Waals surface area contributed by atoms with Gasteiger partial charge in [-0.3, -0.25) is 14.3 Å². The number of fused-ring (bicyclic) bond motifs is 1. The number of nitrogens with zero attached hydrogens (tertiary/aromatic N) is 4. The molecule has 0 atom stereocenters. The summed E-state index contributed by atoms with van der Waals surface area (Å²) in [4.78, 5) is 24.8. The van der Waals surface area contributed by atoms with Crippen LogP contribution in [0.4, 0.5) is 13.2 Å². The lowest BCUT2D eigenvalue weighted by Gasteiger charge is -2.15. The summed E-state index contributed by atoms with van der Waals surface area (Å²) in [5, 5.41) is 0.174. The van der Waals surface area contributed by atoms with Crippen molar-refractivity contribution in [3.63, 3.8) is 0 Å². The normalized spacial score (nSPS) is 11.1. The highest BCUT2D eigenvalue weighted by Crippen LogP contribution is 2.37. The number of hydrogen-bond donors (Lipinski definition) is 0. The Bertz CT molecular complexity index is 1600. The lowest BCUT2D eigenvalue weighted by molar-refractivity contribution is -0.138. The van der Waals surface area contributed by atoms with Gasteiger partial charge in [0.25, 0.3) is 5.56 Å². The summed E-state index contributed by atoms with van der Waals surface area (Å²) < 4.78 is 47.1. The highest BCUT2D eigenvalue weighted by molar-refractivity contribution is 5.83. The molecule has 5 aromatic rings. The molecule has 5 rings (SSSR count). The summed E-state index contributed by atoms with van der Waals surface area (Å²) in [6.07, 6.45) is -0.356. The van der Waals surface area contributed by atoms with Gasteiger partial charge in [-0.2, -0.15) is 18.2 Å². The van der Waals surface area contributed by atoms with E-state index >= 15 is 0 Å². The maximum absolute atomic E-state index is 13.3. The van der Waals surface area contributed by atoms with Crippen molar-refractivity contribution in [2.45, 2.75) is 26.9 Å². The molecular weight excluding hydrogens is 481 g/mol. The van der Waals surface area contributed by atoms with E-state index in [0.29, 0.717) is 16.9 Å². The number of halogens is 3. The first-order chi connectivity index (χ1) is 17.8. The molecule has 0 bridgehead atoms. The molecule has 0 aliphatic rings. The second kappa shape index (κ2) is 10.6. The molecule has 9 heteroatoms. The first-order valence-corrected chi connectivity index (χ1v) is 11.6. The van der Waals surface area contributed by atoms with Crippen LogP contribution in [0.25, 0.3) is 27.8 Å². The van der Waals surface area contributed by atoms with E-state index in [4.69, 9.17) is 4.74 Å². The summed E-state index contributed by atoms with van der Waals surface area (Å²) in [7, 11) is 0. The van der Waals surface area contributed by atoms with E-state index < -0.39 is 23.2 Å². The van der Waals surface area contributed by atoms with Gasteiger partial charge in [0.05, 0.1) is 22.3 Å². The number of ether oxygens (including phenoxy) is 1. The number of benzene rings is 2. The van der Waals surface area contributed by atoms with Crippen LogP contribution in [0.5, 0.6) is 11.6 Å². The van der Waals surface area contributed by atoms with Gasteiger partial charge in [0.1, 0.15) is 17.6 Å². The fraction of sp³-hybridized carbons (Fsp3) is 0.143. The molecule has 3 aromatic heterocycles. The molecule has 3 heterocycles. The van der Waals surface area contributed by atoms with E-state index in [1.807, 2.05) is 51.1 Å². The van der Waals surface area contributed by atoms with Crippen LogP contribution in [0.2, 0.25) is 0 Å². The van der Waals surface area contributed by atoms with Crippen LogP contribution in [-0.4, -0.2) is 19.5 Å². The van der Waals surface area contributed by atoms with Crippen molar-refractivity contribution >= 4 is 10.9 Å². The molecule has 37 heavy (non-hydrogen) atoms. The lowest BCUT2D eigenvalue weighted by atomic mass is 10.1. The molecule has 0 radical (unpaired) electrons. The van der Waals surface area contributed by atoms with Gasteiger partial charge >= 0.3 is 6.18 Å². The zero-order chi connectivity index (χ0) is 26.6. The quantitative estimate of drug-likeness (QED) is 0.264. The molecular formula is C28H23F3N4O2. The fourth-order valence-corrected chi connectivity index (χ4v) is 3.72. The molecule has 2 aromatic carbocycles. The zero-order valence-corrected chi connectivity index (χ0v) is 20.3. The van der Waals surface area contributed by atoms with Crippen molar-refractivity contribution in [2.24, 2.45) is 0 Å². The Hall–Kier alpha value is -4.53. The summed E-state index contributed by atoms with van der Waals surface area (Å²) in [6, 6.07) is 18.0. The van der Waals surface area contributed by atoms with Crippen molar-refractivity contribution in [1.82, 2.24) is 19.5 Å². The average Bonchev–Trinajstić information content (AvgIpc) is 2.91. The molecule has 0 aliphatic carbocycles. The SMILES string of the molecule is CC.Cc1ccc(-c2ncccc2-n2cnc(=O)c3cc(Oc4ncccc4C(F)(F)F)ccc32)cc1. The third-order valence-electron chi connectivity index (χ3n) is 5.41. The van der Waals surface area contributed by atoms with Gasteiger partial charge in [0.15, 0.2) is 0 Å². The summed E-state index contributed by atoms with van der Waals surface area (Å²) in [5.41, 5.74) is 2.30. The van der Waals surface area contributed by atoms with Crippen molar-refractivity contribution in [3.8, 4) is 28.6 Å². The smallest absolute Gasteiger partial charge is 0.421 e. The van der Waals surface area contributed by atoms with Crippen LogP contribution in [0, 0.1) is 6.92 Å². The minimum atomic E-state index is -4.64. The fourth-order valence-electron chi connectivity index (χ4n) is 3.72. The number of aromatic nitrogens is 4. The minimum Gasteiger partial charge on any atom is -0.438 e. The molecule has 188 valence electrons. The Morgan fingerprint density at radius 1 is 0.865 bits per heavy atom.